The molecule has 0 aliphatic heterocycles. The zero-order valence-electron chi connectivity index (χ0n) is 11.1. The van der Waals surface area contributed by atoms with Crippen LogP contribution in [0.25, 0.3) is 0 Å². The molecule has 2 aromatic rings. The Kier molecular flexibility index (Phi) is 4.15. The molecule has 0 bridgehead atoms. The van der Waals surface area contributed by atoms with Gasteiger partial charge in [-0.15, -0.1) is 0 Å². The second-order valence-corrected chi connectivity index (χ2v) is 4.64. The van der Waals surface area contributed by atoms with Gasteiger partial charge in [-0.3, -0.25) is 0 Å². The van der Waals surface area contributed by atoms with Crippen LogP contribution in [0.2, 0.25) is 0 Å². The number of nitrogens with two attached hydrogens (primary N) is 1. The third-order valence-corrected chi connectivity index (χ3v) is 3.41. The molecule has 1 heterocycles. The minimum Gasteiger partial charge on any atom is -0.334 e. The van der Waals surface area contributed by atoms with E-state index in [9.17, 15) is 0 Å². The maximum atomic E-state index is 6.23. The van der Waals surface area contributed by atoms with Crippen molar-refractivity contribution in [2.45, 2.75) is 39.3 Å². The summed E-state index contributed by atoms with van der Waals surface area (Å²) in [6.45, 7) is 5.18. The molecule has 0 aliphatic carbocycles. The van der Waals surface area contributed by atoms with E-state index >= 15 is 0 Å². The Morgan fingerprint density at radius 1 is 1.33 bits per heavy atom. The summed E-state index contributed by atoms with van der Waals surface area (Å²) in [6.07, 6.45) is 5.75. The van der Waals surface area contributed by atoms with Crippen LogP contribution >= 0.6 is 0 Å². The van der Waals surface area contributed by atoms with Crippen molar-refractivity contribution in [1.29, 1.82) is 0 Å². The minimum atomic E-state index is 0.0135. The monoisotopic (exact) mass is 243 g/mol. The van der Waals surface area contributed by atoms with Gasteiger partial charge < -0.3 is 10.3 Å². The summed E-state index contributed by atoms with van der Waals surface area (Å²) in [6, 6.07) is 8.49. The summed E-state index contributed by atoms with van der Waals surface area (Å²) in [5.74, 6) is 0.992. The molecule has 1 aromatic heterocycles. The highest BCUT2D eigenvalue weighted by atomic mass is 15.1. The van der Waals surface area contributed by atoms with Crippen LogP contribution in [0.15, 0.2) is 36.7 Å². The molecule has 0 aliphatic rings. The van der Waals surface area contributed by atoms with E-state index in [1.165, 1.54) is 11.1 Å². The molecular weight excluding hydrogens is 222 g/mol. The van der Waals surface area contributed by atoms with E-state index in [1.807, 2.05) is 12.4 Å². The van der Waals surface area contributed by atoms with Crippen LogP contribution in [0.1, 0.15) is 36.3 Å². The molecule has 96 valence electrons. The van der Waals surface area contributed by atoms with E-state index in [4.69, 9.17) is 5.73 Å². The molecule has 0 saturated carbocycles. The van der Waals surface area contributed by atoms with Gasteiger partial charge in [-0.05, 0) is 37.8 Å². The molecular formula is C15H21N3. The normalized spacial score (nSPS) is 12.6. The molecule has 2 rings (SSSR count). The highest BCUT2D eigenvalue weighted by Crippen LogP contribution is 2.17. The average molecular weight is 243 g/mol. The SMILES string of the molecule is CCn1ccnc1C(N)CCc1ccccc1C. The Labute approximate surface area is 109 Å². The Morgan fingerprint density at radius 3 is 2.83 bits per heavy atom. The topological polar surface area (TPSA) is 43.8 Å². The number of imidazole rings is 1. The van der Waals surface area contributed by atoms with E-state index in [1.54, 1.807) is 0 Å². The van der Waals surface area contributed by atoms with Crippen LogP contribution in [0, 0.1) is 6.92 Å². The van der Waals surface area contributed by atoms with E-state index in [0.717, 1.165) is 25.2 Å². The molecule has 1 unspecified atom stereocenters. The summed E-state index contributed by atoms with van der Waals surface area (Å²) >= 11 is 0. The molecule has 0 amide bonds. The molecule has 2 N–H and O–H groups in total. The lowest BCUT2D eigenvalue weighted by molar-refractivity contribution is 0.566. The minimum absolute atomic E-state index is 0.0135. The van der Waals surface area contributed by atoms with Gasteiger partial charge in [0.25, 0.3) is 0 Å². The fourth-order valence-electron chi connectivity index (χ4n) is 2.25. The molecule has 1 aromatic carbocycles. The van der Waals surface area contributed by atoms with Gasteiger partial charge in [0.15, 0.2) is 0 Å². The van der Waals surface area contributed by atoms with Crippen molar-refractivity contribution in [1.82, 2.24) is 9.55 Å². The van der Waals surface area contributed by atoms with Crippen molar-refractivity contribution in [3.8, 4) is 0 Å². The van der Waals surface area contributed by atoms with Crippen LogP contribution < -0.4 is 5.73 Å². The number of hydrogen-bond donors (Lipinski definition) is 1. The Bertz CT molecular complexity index is 502. The first kappa shape index (κ1) is 12.8. The molecule has 3 nitrogen and oxygen atoms in total. The molecule has 0 spiro atoms. The smallest absolute Gasteiger partial charge is 0.125 e. The number of hydrogen-bond acceptors (Lipinski definition) is 2. The van der Waals surface area contributed by atoms with Crippen LogP contribution in [-0.4, -0.2) is 9.55 Å². The molecule has 3 heteroatoms. The van der Waals surface area contributed by atoms with Crippen molar-refractivity contribution in [3.05, 3.63) is 53.6 Å². The van der Waals surface area contributed by atoms with Gasteiger partial charge in [-0.25, -0.2) is 4.98 Å². The van der Waals surface area contributed by atoms with Crippen molar-refractivity contribution in [2.75, 3.05) is 0 Å². The van der Waals surface area contributed by atoms with Gasteiger partial charge in [0, 0.05) is 18.9 Å². The second kappa shape index (κ2) is 5.83. The van der Waals surface area contributed by atoms with Crippen molar-refractivity contribution < 1.29 is 0 Å². The van der Waals surface area contributed by atoms with Crippen molar-refractivity contribution in [3.63, 3.8) is 0 Å². The number of aryl methyl sites for hydroxylation is 3. The predicted octanol–water partition coefficient (Wildman–Crippen LogP) is 2.84. The predicted molar refractivity (Wildman–Crippen MR) is 74.3 cm³/mol. The third kappa shape index (κ3) is 2.79. The van der Waals surface area contributed by atoms with Crippen LogP contribution in [-0.2, 0) is 13.0 Å². The first-order valence-electron chi connectivity index (χ1n) is 6.53. The first-order chi connectivity index (χ1) is 8.72. The van der Waals surface area contributed by atoms with E-state index in [-0.39, 0.29) is 6.04 Å². The zero-order chi connectivity index (χ0) is 13.0. The molecule has 0 radical (unpaired) electrons. The van der Waals surface area contributed by atoms with E-state index in [0.29, 0.717) is 0 Å². The van der Waals surface area contributed by atoms with Gasteiger partial charge in [0.1, 0.15) is 5.82 Å². The first-order valence-corrected chi connectivity index (χ1v) is 6.53. The van der Waals surface area contributed by atoms with Crippen LogP contribution in [0.4, 0.5) is 0 Å². The van der Waals surface area contributed by atoms with Gasteiger partial charge in [-0.1, -0.05) is 24.3 Å². The van der Waals surface area contributed by atoms with Gasteiger partial charge in [-0.2, -0.15) is 0 Å². The highest BCUT2D eigenvalue weighted by molar-refractivity contribution is 5.25. The average Bonchev–Trinajstić information content (AvgIpc) is 2.86. The van der Waals surface area contributed by atoms with Crippen LogP contribution in [0.5, 0.6) is 0 Å². The Balaban J connectivity index is 2.01. The standard InChI is InChI=1S/C15H21N3/c1-3-18-11-10-17-15(18)14(16)9-8-13-7-5-4-6-12(13)2/h4-7,10-11,14H,3,8-9,16H2,1-2H3. The summed E-state index contributed by atoms with van der Waals surface area (Å²) in [5, 5.41) is 0. The van der Waals surface area contributed by atoms with Gasteiger partial charge in [0.2, 0.25) is 0 Å². The van der Waals surface area contributed by atoms with Gasteiger partial charge in [0.05, 0.1) is 6.04 Å². The number of nitrogens with zero attached hydrogens (tertiary/aromatic N) is 2. The quantitative estimate of drug-likeness (QED) is 0.877. The third-order valence-electron chi connectivity index (χ3n) is 3.41. The fourth-order valence-corrected chi connectivity index (χ4v) is 2.25. The number of benzene rings is 1. The van der Waals surface area contributed by atoms with Gasteiger partial charge >= 0.3 is 0 Å². The lowest BCUT2D eigenvalue weighted by Crippen LogP contribution is -2.17. The van der Waals surface area contributed by atoms with E-state index in [2.05, 4.69) is 47.7 Å². The summed E-state index contributed by atoms with van der Waals surface area (Å²) in [4.78, 5) is 4.36. The van der Waals surface area contributed by atoms with Crippen molar-refractivity contribution >= 4 is 0 Å². The molecule has 0 saturated heterocycles. The highest BCUT2D eigenvalue weighted by Gasteiger charge is 2.12. The largest absolute Gasteiger partial charge is 0.334 e. The van der Waals surface area contributed by atoms with E-state index < -0.39 is 0 Å². The lowest BCUT2D eigenvalue weighted by Gasteiger charge is -2.13. The number of aromatic nitrogens is 2. The Morgan fingerprint density at radius 2 is 2.11 bits per heavy atom. The zero-order valence-corrected chi connectivity index (χ0v) is 11.1. The molecule has 0 fully saturated rings. The summed E-state index contributed by atoms with van der Waals surface area (Å²) in [7, 11) is 0. The summed E-state index contributed by atoms with van der Waals surface area (Å²) < 4.78 is 2.11. The van der Waals surface area contributed by atoms with Crippen LogP contribution in [0.3, 0.4) is 0 Å². The molecule has 18 heavy (non-hydrogen) atoms. The fraction of sp³-hybridized carbons (Fsp3) is 0.400. The maximum Gasteiger partial charge on any atom is 0.125 e. The maximum absolute atomic E-state index is 6.23. The lowest BCUT2D eigenvalue weighted by atomic mass is 10.0. The summed E-state index contributed by atoms with van der Waals surface area (Å²) in [5.41, 5.74) is 8.94. The Hall–Kier alpha value is -1.61. The molecule has 1 atom stereocenters. The number of rotatable bonds is 5. The second-order valence-electron chi connectivity index (χ2n) is 4.64. The van der Waals surface area contributed by atoms with Crippen molar-refractivity contribution in [2.24, 2.45) is 5.73 Å².